The zero-order valence-electron chi connectivity index (χ0n) is 9.20. The molecule has 0 aromatic carbocycles. The van der Waals surface area contributed by atoms with Crippen molar-refractivity contribution in [2.24, 2.45) is 0 Å². The maximum atomic E-state index is 5.53. The first-order valence-electron chi connectivity index (χ1n) is 5.49. The van der Waals surface area contributed by atoms with Crippen LogP contribution in [-0.2, 0) is 11.3 Å². The smallest absolute Gasteiger partial charge is 0.0802 e. The van der Waals surface area contributed by atoms with Crippen LogP contribution in [0.4, 0.5) is 0 Å². The average molecular weight is 206 g/mol. The van der Waals surface area contributed by atoms with Crippen LogP contribution in [0, 0.1) is 0 Å². The molecule has 15 heavy (non-hydrogen) atoms. The third-order valence-electron chi connectivity index (χ3n) is 3.20. The molecule has 1 heterocycles. The number of hydrogen-bond donors (Lipinski definition) is 1. The maximum Gasteiger partial charge on any atom is 0.0802 e. The lowest BCUT2D eigenvalue weighted by molar-refractivity contribution is -0.0695. The van der Waals surface area contributed by atoms with Gasteiger partial charge in [0.2, 0.25) is 0 Å². The van der Waals surface area contributed by atoms with Gasteiger partial charge in [0.25, 0.3) is 0 Å². The van der Waals surface area contributed by atoms with Crippen molar-refractivity contribution < 1.29 is 4.74 Å². The Kier molecular flexibility index (Phi) is 3.34. The third kappa shape index (κ3) is 2.55. The van der Waals surface area contributed by atoms with E-state index in [-0.39, 0.29) is 5.60 Å². The number of nitrogens with one attached hydrogen (secondary N) is 1. The van der Waals surface area contributed by atoms with E-state index < -0.39 is 0 Å². The van der Waals surface area contributed by atoms with E-state index in [9.17, 15) is 0 Å². The van der Waals surface area contributed by atoms with Gasteiger partial charge in [0, 0.05) is 32.6 Å². The summed E-state index contributed by atoms with van der Waals surface area (Å²) in [5.41, 5.74) is 1.34. The van der Waals surface area contributed by atoms with E-state index in [0.717, 1.165) is 13.1 Å². The van der Waals surface area contributed by atoms with Gasteiger partial charge in [-0.1, -0.05) is 6.07 Å². The fraction of sp³-hybridized carbons (Fsp3) is 0.583. The molecule has 1 aromatic rings. The van der Waals surface area contributed by atoms with E-state index in [1.54, 1.807) is 6.20 Å². The number of aromatic nitrogens is 1. The quantitative estimate of drug-likeness (QED) is 0.796. The van der Waals surface area contributed by atoms with Crippen molar-refractivity contribution in [3.8, 4) is 0 Å². The van der Waals surface area contributed by atoms with Crippen LogP contribution in [0.5, 0.6) is 0 Å². The summed E-state index contributed by atoms with van der Waals surface area (Å²) >= 11 is 0. The van der Waals surface area contributed by atoms with Crippen LogP contribution < -0.4 is 5.32 Å². The first-order chi connectivity index (χ1) is 7.35. The Labute approximate surface area is 90.9 Å². The average Bonchev–Trinajstić information content (AvgIpc) is 2.24. The van der Waals surface area contributed by atoms with Crippen molar-refractivity contribution in [1.82, 2.24) is 10.3 Å². The minimum absolute atomic E-state index is 0.113. The molecule has 1 saturated carbocycles. The van der Waals surface area contributed by atoms with Gasteiger partial charge in [0.1, 0.15) is 0 Å². The van der Waals surface area contributed by atoms with Gasteiger partial charge in [-0.2, -0.15) is 0 Å². The molecule has 0 radical (unpaired) electrons. The van der Waals surface area contributed by atoms with Crippen LogP contribution in [0.15, 0.2) is 24.5 Å². The maximum absolute atomic E-state index is 5.53. The lowest BCUT2D eigenvalue weighted by Gasteiger charge is -2.40. The van der Waals surface area contributed by atoms with Gasteiger partial charge in [-0.25, -0.2) is 0 Å². The summed E-state index contributed by atoms with van der Waals surface area (Å²) in [6.07, 6.45) is 7.36. The minimum Gasteiger partial charge on any atom is -0.377 e. The largest absolute Gasteiger partial charge is 0.377 e. The summed E-state index contributed by atoms with van der Waals surface area (Å²) in [6, 6.07) is 4.05. The number of nitrogens with zero attached hydrogens (tertiary/aromatic N) is 1. The van der Waals surface area contributed by atoms with Gasteiger partial charge in [-0.05, 0) is 30.9 Å². The van der Waals surface area contributed by atoms with Crippen molar-refractivity contribution in [2.75, 3.05) is 13.7 Å². The Balaban J connectivity index is 1.75. The normalized spacial score (nSPS) is 18.5. The first kappa shape index (κ1) is 10.6. The Morgan fingerprint density at radius 2 is 2.40 bits per heavy atom. The van der Waals surface area contributed by atoms with Gasteiger partial charge >= 0.3 is 0 Å². The van der Waals surface area contributed by atoms with Gasteiger partial charge in [0.05, 0.1) is 5.60 Å². The molecular formula is C12H18N2O. The number of hydrogen-bond acceptors (Lipinski definition) is 3. The lowest BCUT2D eigenvalue weighted by atomic mass is 9.80. The van der Waals surface area contributed by atoms with Gasteiger partial charge < -0.3 is 10.1 Å². The van der Waals surface area contributed by atoms with Crippen LogP contribution in [-0.4, -0.2) is 24.2 Å². The van der Waals surface area contributed by atoms with Crippen molar-refractivity contribution in [2.45, 2.75) is 31.4 Å². The second-order valence-corrected chi connectivity index (χ2v) is 4.21. The van der Waals surface area contributed by atoms with Gasteiger partial charge in [0.15, 0.2) is 0 Å². The highest BCUT2D eigenvalue weighted by Gasteiger charge is 2.36. The van der Waals surface area contributed by atoms with E-state index in [4.69, 9.17) is 4.74 Å². The molecule has 3 nitrogen and oxygen atoms in total. The highest BCUT2D eigenvalue weighted by Crippen LogP contribution is 2.34. The molecule has 82 valence electrons. The standard InChI is InChI=1S/C12H18N2O/c1-15-12(5-3-6-12)10-14-9-11-4-2-7-13-8-11/h2,4,7-8,14H,3,5-6,9-10H2,1H3. The van der Waals surface area contributed by atoms with Crippen molar-refractivity contribution in [3.63, 3.8) is 0 Å². The van der Waals surface area contributed by atoms with E-state index in [2.05, 4.69) is 16.4 Å². The Morgan fingerprint density at radius 3 is 2.93 bits per heavy atom. The molecule has 0 amide bonds. The van der Waals surface area contributed by atoms with Crippen LogP contribution in [0.25, 0.3) is 0 Å². The summed E-state index contributed by atoms with van der Waals surface area (Å²) in [6.45, 7) is 1.82. The fourth-order valence-electron chi connectivity index (χ4n) is 1.96. The van der Waals surface area contributed by atoms with Crippen molar-refractivity contribution in [1.29, 1.82) is 0 Å². The Hall–Kier alpha value is -0.930. The summed E-state index contributed by atoms with van der Waals surface area (Å²) < 4.78 is 5.53. The van der Waals surface area contributed by atoms with Crippen LogP contribution in [0.3, 0.4) is 0 Å². The van der Waals surface area contributed by atoms with Crippen molar-refractivity contribution in [3.05, 3.63) is 30.1 Å². The molecule has 0 aliphatic heterocycles. The molecule has 2 rings (SSSR count). The number of methoxy groups -OCH3 is 1. The molecule has 1 aliphatic carbocycles. The van der Waals surface area contributed by atoms with E-state index in [0.29, 0.717) is 0 Å². The SMILES string of the molecule is COC1(CNCc2cccnc2)CCC1. The molecule has 1 fully saturated rings. The fourth-order valence-corrected chi connectivity index (χ4v) is 1.96. The molecular weight excluding hydrogens is 188 g/mol. The number of pyridine rings is 1. The summed E-state index contributed by atoms with van der Waals surface area (Å²) in [4.78, 5) is 4.08. The molecule has 1 N–H and O–H groups in total. The number of ether oxygens (including phenoxy) is 1. The summed E-state index contributed by atoms with van der Waals surface area (Å²) in [7, 11) is 1.81. The topological polar surface area (TPSA) is 34.1 Å². The zero-order valence-corrected chi connectivity index (χ0v) is 9.20. The summed E-state index contributed by atoms with van der Waals surface area (Å²) in [5.74, 6) is 0. The highest BCUT2D eigenvalue weighted by atomic mass is 16.5. The zero-order chi connectivity index (χ0) is 10.6. The first-order valence-corrected chi connectivity index (χ1v) is 5.49. The van der Waals surface area contributed by atoms with Crippen LogP contribution >= 0.6 is 0 Å². The molecule has 0 saturated heterocycles. The minimum atomic E-state index is 0.113. The van der Waals surface area contributed by atoms with E-state index >= 15 is 0 Å². The predicted molar refractivity (Wildman–Crippen MR) is 59.5 cm³/mol. The molecule has 1 aromatic heterocycles. The molecule has 0 unspecified atom stereocenters. The van der Waals surface area contributed by atoms with Gasteiger partial charge in [-0.3, -0.25) is 4.98 Å². The molecule has 1 aliphatic rings. The summed E-state index contributed by atoms with van der Waals surface area (Å²) in [5, 5.41) is 3.43. The highest BCUT2D eigenvalue weighted by molar-refractivity contribution is 5.08. The number of rotatable bonds is 5. The predicted octanol–water partition coefficient (Wildman–Crippen LogP) is 1.74. The third-order valence-corrected chi connectivity index (χ3v) is 3.20. The molecule has 3 heteroatoms. The second-order valence-electron chi connectivity index (χ2n) is 4.21. The van der Waals surface area contributed by atoms with Crippen LogP contribution in [0.2, 0.25) is 0 Å². The Morgan fingerprint density at radius 1 is 1.53 bits per heavy atom. The van der Waals surface area contributed by atoms with E-state index in [1.165, 1.54) is 24.8 Å². The second kappa shape index (κ2) is 4.73. The molecule has 0 bridgehead atoms. The molecule has 0 spiro atoms. The molecule has 0 atom stereocenters. The lowest BCUT2D eigenvalue weighted by Crippen LogP contribution is -2.47. The Bertz CT molecular complexity index is 290. The van der Waals surface area contributed by atoms with Gasteiger partial charge in [-0.15, -0.1) is 0 Å². The van der Waals surface area contributed by atoms with E-state index in [1.807, 2.05) is 19.4 Å². The van der Waals surface area contributed by atoms with Crippen molar-refractivity contribution >= 4 is 0 Å². The monoisotopic (exact) mass is 206 g/mol. The van der Waals surface area contributed by atoms with Crippen LogP contribution in [0.1, 0.15) is 24.8 Å².